The molecule has 23 heavy (non-hydrogen) atoms. The van der Waals surface area contributed by atoms with E-state index in [9.17, 15) is 16.8 Å². The van der Waals surface area contributed by atoms with E-state index in [4.69, 9.17) is 0 Å². The second-order valence-electron chi connectivity index (χ2n) is 6.31. The van der Waals surface area contributed by atoms with Gasteiger partial charge in [-0.15, -0.1) is 0 Å². The molecule has 1 atom stereocenters. The third-order valence-electron chi connectivity index (χ3n) is 4.66. The van der Waals surface area contributed by atoms with Gasteiger partial charge in [0.25, 0.3) is 0 Å². The lowest BCUT2D eigenvalue weighted by Crippen LogP contribution is -2.52. The van der Waals surface area contributed by atoms with Crippen molar-refractivity contribution in [1.82, 2.24) is 9.21 Å². The maximum absolute atomic E-state index is 12.6. The van der Waals surface area contributed by atoms with Gasteiger partial charge in [0, 0.05) is 32.2 Å². The Bertz CT molecular complexity index is 764. The molecule has 2 fully saturated rings. The summed E-state index contributed by atoms with van der Waals surface area (Å²) < 4.78 is 50.0. The number of rotatable bonds is 3. The molecule has 0 saturated carbocycles. The highest BCUT2D eigenvalue weighted by Crippen LogP contribution is 2.22. The minimum atomic E-state index is -3.46. The quantitative estimate of drug-likeness (QED) is 0.786. The van der Waals surface area contributed by atoms with Gasteiger partial charge in [-0.1, -0.05) is 17.7 Å². The minimum absolute atomic E-state index is 0.0456. The molecule has 2 heterocycles. The Labute approximate surface area is 138 Å². The molecule has 6 nitrogen and oxygen atoms in total. The van der Waals surface area contributed by atoms with Gasteiger partial charge in [0.1, 0.15) is 0 Å². The van der Waals surface area contributed by atoms with Gasteiger partial charge in [-0.05, 0) is 25.5 Å². The summed E-state index contributed by atoms with van der Waals surface area (Å²) in [6.07, 6.45) is 0.660. The SMILES string of the molecule is Cc1ccc(S(=O)(=O)N2CCN(C3CCS(=O)(=O)C3)CC2)cc1. The largest absolute Gasteiger partial charge is 0.297 e. The van der Waals surface area contributed by atoms with E-state index in [-0.39, 0.29) is 17.5 Å². The standard InChI is InChI=1S/C15H22N2O4S2/c1-13-2-4-15(5-3-13)23(20,21)17-9-7-16(8-10-17)14-6-11-22(18,19)12-14/h2-5,14H,6-12H2,1H3. The Kier molecular flexibility index (Phi) is 4.52. The molecule has 0 aromatic heterocycles. The third-order valence-corrected chi connectivity index (χ3v) is 8.32. The highest BCUT2D eigenvalue weighted by molar-refractivity contribution is 7.91. The summed E-state index contributed by atoms with van der Waals surface area (Å²) in [7, 11) is -6.37. The van der Waals surface area contributed by atoms with Crippen molar-refractivity contribution >= 4 is 19.9 Å². The van der Waals surface area contributed by atoms with Crippen molar-refractivity contribution in [1.29, 1.82) is 0 Å². The Morgan fingerprint density at radius 1 is 1.04 bits per heavy atom. The number of sulfone groups is 1. The molecule has 0 aliphatic carbocycles. The summed E-state index contributed by atoms with van der Waals surface area (Å²) in [5, 5.41) is 0. The van der Waals surface area contributed by atoms with Gasteiger partial charge in [0.05, 0.1) is 16.4 Å². The van der Waals surface area contributed by atoms with Crippen LogP contribution >= 0.6 is 0 Å². The molecule has 0 N–H and O–H groups in total. The molecular formula is C15H22N2O4S2. The molecule has 2 aliphatic heterocycles. The van der Waals surface area contributed by atoms with Crippen LogP contribution in [0.1, 0.15) is 12.0 Å². The van der Waals surface area contributed by atoms with E-state index in [1.807, 2.05) is 6.92 Å². The second kappa shape index (κ2) is 6.16. The summed E-state index contributed by atoms with van der Waals surface area (Å²) in [5.74, 6) is 0.456. The van der Waals surface area contributed by atoms with Crippen LogP contribution in [0.15, 0.2) is 29.2 Å². The predicted octanol–water partition coefficient (Wildman–Crippen LogP) is 0.488. The number of nitrogens with zero attached hydrogens (tertiary/aromatic N) is 2. The van der Waals surface area contributed by atoms with Crippen LogP contribution in [0.5, 0.6) is 0 Å². The molecule has 0 radical (unpaired) electrons. The maximum atomic E-state index is 12.6. The number of hydrogen-bond acceptors (Lipinski definition) is 5. The van der Waals surface area contributed by atoms with Crippen molar-refractivity contribution in [2.75, 3.05) is 37.7 Å². The first kappa shape index (κ1) is 16.9. The first-order chi connectivity index (χ1) is 10.8. The summed E-state index contributed by atoms with van der Waals surface area (Å²) in [6, 6.07) is 6.92. The predicted molar refractivity (Wildman–Crippen MR) is 88.6 cm³/mol. The lowest BCUT2D eigenvalue weighted by atomic mass is 10.2. The van der Waals surface area contributed by atoms with E-state index < -0.39 is 19.9 Å². The normalized spacial score (nSPS) is 26.4. The molecular weight excluding hydrogens is 336 g/mol. The van der Waals surface area contributed by atoms with Crippen molar-refractivity contribution < 1.29 is 16.8 Å². The van der Waals surface area contributed by atoms with E-state index in [2.05, 4.69) is 4.90 Å². The molecule has 2 saturated heterocycles. The molecule has 8 heteroatoms. The summed E-state index contributed by atoms with van der Waals surface area (Å²) in [5.41, 5.74) is 1.02. The summed E-state index contributed by atoms with van der Waals surface area (Å²) in [6.45, 7) is 3.92. The van der Waals surface area contributed by atoms with Crippen molar-refractivity contribution in [3.63, 3.8) is 0 Å². The topological polar surface area (TPSA) is 74.8 Å². The fourth-order valence-electron chi connectivity index (χ4n) is 3.23. The summed E-state index contributed by atoms with van der Waals surface area (Å²) >= 11 is 0. The smallest absolute Gasteiger partial charge is 0.243 e. The maximum Gasteiger partial charge on any atom is 0.243 e. The van der Waals surface area contributed by atoms with Crippen molar-refractivity contribution in [3.8, 4) is 0 Å². The van der Waals surface area contributed by atoms with Gasteiger partial charge in [-0.2, -0.15) is 4.31 Å². The average Bonchev–Trinajstić information content (AvgIpc) is 2.88. The van der Waals surface area contributed by atoms with Crippen molar-refractivity contribution in [2.45, 2.75) is 24.3 Å². The van der Waals surface area contributed by atoms with Gasteiger partial charge in [-0.3, -0.25) is 4.90 Å². The van der Waals surface area contributed by atoms with Crippen molar-refractivity contribution in [3.05, 3.63) is 29.8 Å². The zero-order valence-corrected chi connectivity index (χ0v) is 14.8. The fourth-order valence-corrected chi connectivity index (χ4v) is 6.42. The van der Waals surface area contributed by atoms with Crippen LogP contribution in [-0.4, -0.2) is 69.8 Å². The Morgan fingerprint density at radius 3 is 2.17 bits per heavy atom. The highest BCUT2D eigenvalue weighted by atomic mass is 32.2. The molecule has 0 spiro atoms. The number of aryl methyl sites for hydroxylation is 1. The van der Waals surface area contributed by atoms with Crippen molar-refractivity contribution in [2.24, 2.45) is 0 Å². The van der Waals surface area contributed by atoms with Crippen LogP contribution in [0.2, 0.25) is 0 Å². The van der Waals surface area contributed by atoms with E-state index in [1.54, 1.807) is 24.3 Å². The van der Waals surface area contributed by atoms with Gasteiger partial charge in [-0.25, -0.2) is 16.8 Å². The first-order valence-electron chi connectivity index (χ1n) is 7.79. The lowest BCUT2D eigenvalue weighted by Gasteiger charge is -2.36. The number of hydrogen-bond donors (Lipinski definition) is 0. The monoisotopic (exact) mass is 358 g/mol. The van der Waals surface area contributed by atoms with Crippen LogP contribution in [0.3, 0.4) is 0 Å². The molecule has 0 bridgehead atoms. The second-order valence-corrected chi connectivity index (χ2v) is 10.5. The fraction of sp³-hybridized carbons (Fsp3) is 0.600. The first-order valence-corrected chi connectivity index (χ1v) is 11.1. The van der Waals surface area contributed by atoms with E-state index in [1.165, 1.54) is 4.31 Å². The van der Waals surface area contributed by atoms with Gasteiger partial charge < -0.3 is 0 Å². The van der Waals surface area contributed by atoms with Crippen LogP contribution in [0.4, 0.5) is 0 Å². The molecule has 1 aromatic rings. The van der Waals surface area contributed by atoms with Crippen LogP contribution < -0.4 is 0 Å². The molecule has 3 rings (SSSR count). The molecule has 0 amide bonds. The zero-order chi connectivity index (χ0) is 16.7. The van der Waals surface area contributed by atoms with Gasteiger partial charge in [0.2, 0.25) is 10.0 Å². The average molecular weight is 358 g/mol. The van der Waals surface area contributed by atoms with E-state index in [0.717, 1.165) is 5.56 Å². The Morgan fingerprint density at radius 2 is 1.65 bits per heavy atom. The molecule has 1 aromatic carbocycles. The van der Waals surface area contributed by atoms with Crippen LogP contribution in [0, 0.1) is 6.92 Å². The molecule has 128 valence electrons. The Balaban J connectivity index is 1.65. The number of piperazine rings is 1. The lowest BCUT2D eigenvalue weighted by molar-refractivity contribution is 0.148. The van der Waals surface area contributed by atoms with Gasteiger partial charge >= 0.3 is 0 Å². The zero-order valence-electron chi connectivity index (χ0n) is 13.2. The number of sulfonamides is 1. The third kappa shape index (κ3) is 3.60. The Hall–Kier alpha value is -0.960. The highest BCUT2D eigenvalue weighted by Gasteiger charge is 2.36. The number of benzene rings is 1. The van der Waals surface area contributed by atoms with Gasteiger partial charge in [0.15, 0.2) is 9.84 Å². The van der Waals surface area contributed by atoms with Crippen LogP contribution in [0.25, 0.3) is 0 Å². The summed E-state index contributed by atoms with van der Waals surface area (Å²) in [4.78, 5) is 2.44. The van der Waals surface area contributed by atoms with Crippen LogP contribution in [-0.2, 0) is 19.9 Å². The molecule has 2 aliphatic rings. The van der Waals surface area contributed by atoms with E-state index in [0.29, 0.717) is 37.5 Å². The van der Waals surface area contributed by atoms with E-state index >= 15 is 0 Å². The molecule has 1 unspecified atom stereocenters. The minimum Gasteiger partial charge on any atom is -0.297 e.